The summed E-state index contributed by atoms with van der Waals surface area (Å²) in [6.45, 7) is 3.09. The summed E-state index contributed by atoms with van der Waals surface area (Å²) in [5.41, 5.74) is 1.35. The van der Waals surface area contributed by atoms with Crippen LogP contribution in [0.5, 0.6) is 0 Å². The smallest absolute Gasteiger partial charge is 0.240 e. The number of aryl methyl sites for hydroxylation is 2. The Balaban J connectivity index is 3.04. The van der Waals surface area contributed by atoms with E-state index in [-0.39, 0.29) is 42.6 Å². The van der Waals surface area contributed by atoms with Gasteiger partial charge in [-0.05, 0) is 31.0 Å². The van der Waals surface area contributed by atoms with Gasteiger partial charge in [0.1, 0.15) is 0 Å². The zero-order chi connectivity index (χ0) is 20.1. The normalized spacial score (nSPS) is 12.0. The van der Waals surface area contributed by atoms with E-state index in [0.717, 1.165) is 10.6 Å². The SMILES string of the molecule is Cc1cc(C)c(S(=O)(=O)NCCC(=O)NCCO)cc1N(C)S(C)(=O)=O. The van der Waals surface area contributed by atoms with Crippen LogP contribution in [0, 0.1) is 13.8 Å². The number of aliphatic hydroxyl groups is 1. The monoisotopic (exact) mass is 407 g/mol. The maximum atomic E-state index is 12.5. The number of hydrogen-bond acceptors (Lipinski definition) is 6. The van der Waals surface area contributed by atoms with Gasteiger partial charge < -0.3 is 10.4 Å². The predicted molar refractivity (Wildman–Crippen MR) is 99.1 cm³/mol. The Morgan fingerprint density at radius 3 is 2.27 bits per heavy atom. The number of sulfonamides is 2. The van der Waals surface area contributed by atoms with Gasteiger partial charge in [-0.3, -0.25) is 9.10 Å². The van der Waals surface area contributed by atoms with E-state index in [4.69, 9.17) is 5.11 Å². The summed E-state index contributed by atoms with van der Waals surface area (Å²) in [5, 5.41) is 11.0. The molecule has 1 aromatic carbocycles. The minimum Gasteiger partial charge on any atom is -0.395 e. The lowest BCUT2D eigenvalue weighted by Gasteiger charge is -2.21. The van der Waals surface area contributed by atoms with Crippen molar-refractivity contribution < 1.29 is 26.7 Å². The van der Waals surface area contributed by atoms with Crippen molar-refractivity contribution in [2.24, 2.45) is 0 Å². The van der Waals surface area contributed by atoms with E-state index < -0.39 is 20.0 Å². The van der Waals surface area contributed by atoms with Crippen molar-refractivity contribution in [3.63, 3.8) is 0 Å². The first-order valence-electron chi connectivity index (χ1n) is 7.82. The molecule has 0 aliphatic carbocycles. The third kappa shape index (κ3) is 5.94. The number of nitrogens with zero attached hydrogens (tertiary/aromatic N) is 1. The molecule has 148 valence electrons. The first-order chi connectivity index (χ1) is 11.9. The van der Waals surface area contributed by atoms with Crippen molar-refractivity contribution in [2.45, 2.75) is 25.2 Å². The number of anilines is 1. The second-order valence-corrected chi connectivity index (χ2v) is 9.61. The van der Waals surface area contributed by atoms with Crippen LogP contribution in [0.25, 0.3) is 0 Å². The van der Waals surface area contributed by atoms with Gasteiger partial charge >= 0.3 is 0 Å². The Labute approximate surface area is 154 Å². The molecule has 26 heavy (non-hydrogen) atoms. The van der Waals surface area contributed by atoms with Crippen LogP contribution in [0.1, 0.15) is 17.5 Å². The number of carbonyl (C=O) groups excluding carboxylic acids is 1. The lowest BCUT2D eigenvalue weighted by atomic mass is 10.1. The highest BCUT2D eigenvalue weighted by atomic mass is 32.2. The maximum Gasteiger partial charge on any atom is 0.240 e. The molecular formula is C15H25N3O6S2. The molecule has 1 amide bonds. The largest absolute Gasteiger partial charge is 0.395 e. The molecule has 0 aliphatic heterocycles. The summed E-state index contributed by atoms with van der Waals surface area (Å²) in [7, 11) is -6.12. The zero-order valence-electron chi connectivity index (χ0n) is 15.2. The predicted octanol–water partition coefficient (Wildman–Crippen LogP) is -0.524. The molecule has 0 radical (unpaired) electrons. The van der Waals surface area contributed by atoms with E-state index >= 15 is 0 Å². The lowest BCUT2D eigenvalue weighted by Crippen LogP contribution is -2.32. The van der Waals surface area contributed by atoms with Crippen LogP contribution in [0.15, 0.2) is 17.0 Å². The fourth-order valence-electron chi connectivity index (χ4n) is 2.29. The Bertz CT molecular complexity index is 866. The van der Waals surface area contributed by atoms with E-state index in [1.807, 2.05) is 0 Å². The fraction of sp³-hybridized carbons (Fsp3) is 0.533. The zero-order valence-corrected chi connectivity index (χ0v) is 16.9. The molecule has 0 saturated heterocycles. The summed E-state index contributed by atoms with van der Waals surface area (Å²) in [4.78, 5) is 11.4. The Morgan fingerprint density at radius 2 is 1.73 bits per heavy atom. The van der Waals surface area contributed by atoms with Crippen molar-refractivity contribution in [3.05, 3.63) is 23.3 Å². The quantitative estimate of drug-likeness (QED) is 0.504. The highest BCUT2D eigenvalue weighted by Gasteiger charge is 2.22. The molecule has 1 aromatic rings. The number of amides is 1. The van der Waals surface area contributed by atoms with Crippen LogP contribution in [0.3, 0.4) is 0 Å². The van der Waals surface area contributed by atoms with E-state index in [1.54, 1.807) is 19.9 Å². The average molecular weight is 408 g/mol. The molecule has 11 heteroatoms. The molecule has 0 spiro atoms. The molecule has 0 atom stereocenters. The first kappa shape index (κ1) is 22.4. The van der Waals surface area contributed by atoms with Gasteiger partial charge in [0, 0.05) is 26.6 Å². The van der Waals surface area contributed by atoms with E-state index in [1.165, 1.54) is 13.1 Å². The van der Waals surface area contributed by atoms with Gasteiger partial charge in [0.25, 0.3) is 0 Å². The Morgan fingerprint density at radius 1 is 1.12 bits per heavy atom. The number of nitrogens with one attached hydrogen (secondary N) is 2. The third-order valence-corrected chi connectivity index (χ3v) is 6.49. The topological polar surface area (TPSA) is 133 Å². The highest BCUT2D eigenvalue weighted by molar-refractivity contribution is 7.92. The highest BCUT2D eigenvalue weighted by Crippen LogP contribution is 2.27. The van der Waals surface area contributed by atoms with Crippen LogP contribution >= 0.6 is 0 Å². The Hall–Kier alpha value is -1.69. The molecular weight excluding hydrogens is 382 g/mol. The molecule has 9 nitrogen and oxygen atoms in total. The fourth-order valence-corrected chi connectivity index (χ4v) is 4.12. The van der Waals surface area contributed by atoms with Gasteiger partial charge in [0.2, 0.25) is 26.0 Å². The van der Waals surface area contributed by atoms with E-state index in [0.29, 0.717) is 11.1 Å². The van der Waals surface area contributed by atoms with Crippen LogP contribution in [-0.2, 0) is 24.8 Å². The molecule has 1 rings (SSSR count). The molecule has 0 saturated carbocycles. The van der Waals surface area contributed by atoms with Crippen molar-refractivity contribution in [3.8, 4) is 0 Å². The summed E-state index contributed by atoms with van der Waals surface area (Å²) >= 11 is 0. The van der Waals surface area contributed by atoms with Crippen LogP contribution in [0.2, 0.25) is 0 Å². The molecule has 0 unspecified atom stereocenters. The summed E-state index contributed by atoms with van der Waals surface area (Å²) in [6, 6.07) is 2.90. The maximum absolute atomic E-state index is 12.5. The molecule has 0 aliphatic rings. The molecule has 0 aromatic heterocycles. The molecule has 3 N–H and O–H groups in total. The summed E-state index contributed by atoms with van der Waals surface area (Å²) in [6.07, 6.45) is 0.948. The van der Waals surface area contributed by atoms with Crippen molar-refractivity contribution in [1.82, 2.24) is 10.0 Å². The van der Waals surface area contributed by atoms with Crippen molar-refractivity contribution in [1.29, 1.82) is 0 Å². The Kier molecular flexibility index (Phi) is 7.57. The molecule has 0 bridgehead atoms. The van der Waals surface area contributed by atoms with Gasteiger partial charge in [-0.15, -0.1) is 0 Å². The standard InChI is InChI=1S/C15H25N3O6S2/c1-11-9-12(2)14(10-13(11)18(3)25(4,21)22)26(23,24)17-6-5-15(20)16-7-8-19/h9-10,17,19H,5-8H2,1-4H3,(H,16,20). The number of carbonyl (C=O) groups is 1. The number of benzene rings is 1. The summed E-state index contributed by atoms with van der Waals surface area (Å²) in [5.74, 6) is -0.389. The molecule has 0 heterocycles. The van der Waals surface area contributed by atoms with Gasteiger partial charge in [-0.1, -0.05) is 6.07 Å². The first-order valence-corrected chi connectivity index (χ1v) is 11.2. The van der Waals surface area contributed by atoms with E-state index in [2.05, 4.69) is 10.0 Å². The average Bonchev–Trinajstić information content (AvgIpc) is 2.51. The lowest BCUT2D eigenvalue weighted by molar-refractivity contribution is -0.121. The second-order valence-electron chi connectivity index (χ2n) is 5.86. The van der Waals surface area contributed by atoms with Crippen LogP contribution in [-0.4, -0.2) is 60.8 Å². The van der Waals surface area contributed by atoms with Crippen LogP contribution in [0.4, 0.5) is 5.69 Å². The number of rotatable bonds is 9. The number of aliphatic hydroxyl groups excluding tert-OH is 1. The van der Waals surface area contributed by atoms with Gasteiger partial charge in [-0.2, -0.15) is 0 Å². The minimum atomic E-state index is -3.93. The molecule has 0 fully saturated rings. The third-order valence-electron chi connectivity index (χ3n) is 3.70. The van der Waals surface area contributed by atoms with Crippen molar-refractivity contribution >= 4 is 31.6 Å². The minimum absolute atomic E-state index is 0.0515. The second kappa shape index (κ2) is 8.80. The number of hydrogen-bond donors (Lipinski definition) is 3. The van der Waals surface area contributed by atoms with Crippen LogP contribution < -0.4 is 14.3 Å². The van der Waals surface area contributed by atoms with Gasteiger partial charge in [-0.25, -0.2) is 21.6 Å². The van der Waals surface area contributed by atoms with Gasteiger partial charge in [0.05, 0.1) is 23.4 Å². The van der Waals surface area contributed by atoms with Crippen molar-refractivity contribution in [2.75, 3.05) is 37.3 Å². The summed E-state index contributed by atoms with van der Waals surface area (Å²) < 4.78 is 51.9. The van der Waals surface area contributed by atoms with E-state index in [9.17, 15) is 21.6 Å². The van der Waals surface area contributed by atoms with Gasteiger partial charge in [0.15, 0.2) is 0 Å².